The maximum atomic E-state index is 12.4. The van der Waals surface area contributed by atoms with E-state index in [1.165, 1.54) is 18.4 Å². The van der Waals surface area contributed by atoms with Crippen LogP contribution in [-0.4, -0.2) is 37.6 Å². The fourth-order valence-electron chi connectivity index (χ4n) is 3.44. The number of carbonyl (C=O) groups is 1. The van der Waals surface area contributed by atoms with E-state index in [2.05, 4.69) is 22.3 Å². The number of carbonyl (C=O) groups excluding carboxylic acids is 1. The second kappa shape index (κ2) is 9.06. The summed E-state index contributed by atoms with van der Waals surface area (Å²) in [4.78, 5) is 14.8. The van der Waals surface area contributed by atoms with Crippen molar-refractivity contribution in [3.05, 3.63) is 64.7 Å². The van der Waals surface area contributed by atoms with Gasteiger partial charge in [0.25, 0.3) is 0 Å². The molecule has 3 rings (SSSR count). The molecule has 5 heteroatoms. The van der Waals surface area contributed by atoms with Crippen LogP contribution in [0, 0.1) is 0 Å². The number of benzene rings is 2. The van der Waals surface area contributed by atoms with Crippen LogP contribution < -0.4 is 10.1 Å². The molecule has 1 amide bonds. The number of rotatable bonds is 7. The number of nitrogens with zero attached hydrogens (tertiary/aromatic N) is 1. The Morgan fingerprint density at radius 1 is 1.19 bits per heavy atom. The molecule has 0 spiro atoms. The highest BCUT2D eigenvalue weighted by molar-refractivity contribution is 6.30. The third-order valence-electron chi connectivity index (χ3n) is 4.83. The van der Waals surface area contributed by atoms with Gasteiger partial charge < -0.3 is 10.1 Å². The highest BCUT2D eigenvalue weighted by atomic mass is 35.5. The van der Waals surface area contributed by atoms with E-state index < -0.39 is 0 Å². The van der Waals surface area contributed by atoms with Crippen LogP contribution in [0.25, 0.3) is 0 Å². The summed E-state index contributed by atoms with van der Waals surface area (Å²) >= 11 is 6.00. The Morgan fingerprint density at radius 2 is 1.92 bits per heavy atom. The zero-order chi connectivity index (χ0) is 18.4. The number of hydrogen-bond acceptors (Lipinski definition) is 3. The fraction of sp³-hybridized carbons (Fsp3) is 0.381. The summed E-state index contributed by atoms with van der Waals surface area (Å²) in [6.07, 6.45) is 2.77. The molecule has 0 bridgehead atoms. The molecule has 2 aromatic rings. The Morgan fingerprint density at radius 3 is 2.58 bits per heavy atom. The molecule has 0 saturated carbocycles. The van der Waals surface area contributed by atoms with Crippen molar-refractivity contribution in [3.8, 4) is 5.75 Å². The van der Waals surface area contributed by atoms with Crippen molar-refractivity contribution in [2.75, 3.05) is 26.7 Å². The molecular formula is C21H25ClN2O2. The van der Waals surface area contributed by atoms with Crippen molar-refractivity contribution >= 4 is 17.5 Å². The second-order valence-corrected chi connectivity index (χ2v) is 7.08. The predicted octanol–water partition coefficient (Wildman–Crippen LogP) is 3.84. The molecule has 1 heterocycles. The first-order valence-corrected chi connectivity index (χ1v) is 9.42. The monoisotopic (exact) mass is 372 g/mol. The van der Waals surface area contributed by atoms with Crippen molar-refractivity contribution in [2.45, 2.75) is 25.3 Å². The topological polar surface area (TPSA) is 41.6 Å². The smallest absolute Gasteiger partial charge is 0.224 e. The van der Waals surface area contributed by atoms with Gasteiger partial charge in [0.1, 0.15) is 5.75 Å². The molecule has 1 aliphatic rings. The van der Waals surface area contributed by atoms with Gasteiger partial charge in [-0.15, -0.1) is 0 Å². The number of amides is 1. The van der Waals surface area contributed by atoms with E-state index in [0.717, 1.165) is 24.4 Å². The summed E-state index contributed by atoms with van der Waals surface area (Å²) in [5.41, 5.74) is 2.13. The Hall–Kier alpha value is -2.04. The van der Waals surface area contributed by atoms with E-state index in [0.29, 0.717) is 18.0 Å². The molecule has 0 radical (unpaired) electrons. The van der Waals surface area contributed by atoms with Crippen LogP contribution in [0.15, 0.2) is 48.5 Å². The van der Waals surface area contributed by atoms with Gasteiger partial charge in [-0.25, -0.2) is 0 Å². The normalized spacial score (nSPS) is 15.6. The van der Waals surface area contributed by atoms with E-state index in [1.807, 2.05) is 36.4 Å². The van der Waals surface area contributed by atoms with Gasteiger partial charge in [0, 0.05) is 11.6 Å². The van der Waals surface area contributed by atoms with Crippen LogP contribution in [0.3, 0.4) is 0 Å². The summed E-state index contributed by atoms with van der Waals surface area (Å²) in [6.45, 7) is 2.74. The number of hydrogen-bond donors (Lipinski definition) is 1. The minimum Gasteiger partial charge on any atom is -0.497 e. The zero-order valence-corrected chi connectivity index (χ0v) is 15.8. The molecule has 26 heavy (non-hydrogen) atoms. The summed E-state index contributed by atoms with van der Waals surface area (Å²) < 4.78 is 5.25. The Kier molecular flexibility index (Phi) is 6.53. The second-order valence-electron chi connectivity index (χ2n) is 6.64. The van der Waals surface area contributed by atoms with Crippen molar-refractivity contribution in [2.24, 2.45) is 0 Å². The third-order valence-corrected chi connectivity index (χ3v) is 5.06. The van der Waals surface area contributed by atoms with Crippen molar-refractivity contribution in [3.63, 3.8) is 0 Å². The first-order valence-electron chi connectivity index (χ1n) is 9.05. The quantitative estimate of drug-likeness (QED) is 0.802. The Balaban J connectivity index is 1.64. The van der Waals surface area contributed by atoms with Crippen molar-refractivity contribution in [1.29, 1.82) is 0 Å². The minimum absolute atomic E-state index is 0.0185. The fourth-order valence-corrected chi connectivity index (χ4v) is 3.66. The molecule has 0 aliphatic carbocycles. The van der Waals surface area contributed by atoms with Gasteiger partial charge >= 0.3 is 0 Å². The highest BCUT2D eigenvalue weighted by Crippen LogP contribution is 2.26. The Bertz CT molecular complexity index is 727. The molecule has 2 aromatic carbocycles. The van der Waals surface area contributed by atoms with Crippen LogP contribution in [0.4, 0.5) is 0 Å². The van der Waals surface area contributed by atoms with Gasteiger partial charge in [0.2, 0.25) is 5.91 Å². The molecule has 1 atom stereocenters. The van der Waals surface area contributed by atoms with Crippen molar-refractivity contribution < 1.29 is 9.53 Å². The van der Waals surface area contributed by atoms with Crippen LogP contribution in [0.5, 0.6) is 5.75 Å². The maximum absolute atomic E-state index is 12.4. The summed E-state index contributed by atoms with van der Waals surface area (Å²) in [7, 11) is 1.67. The van der Waals surface area contributed by atoms with Crippen LogP contribution >= 0.6 is 11.6 Å². The predicted molar refractivity (Wildman–Crippen MR) is 105 cm³/mol. The summed E-state index contributed by atoms with van der Waals surface area (Å²) in [6, 6.07) is 15.8. The molecule has 1 saturated heterocycles. The van der Waals surface area contributed by atoms with Crippen molar-refractivity contribution in [1.82, 2.24) is 10.2 Å². The molecule has 0 aromatic heterocycles. The number of methoxy groups -OCH3 is 1. The lowest BCUT2D eigenvalue weighted by atomic mass is 10.0. The number of nitrogens with one attached hydrogen (secondary N) is 1. The molecule has 4 nitrogen and oxygen atoms in total. The standard InChI is InChI=1S/C21H25ClN2O2/c1-26-19-9-7-17(8-10-19)20(24-11-2-3-12-24)15-23-21(25)14-16-5-4-6-18(22)13-16/h4-10,13,20H,2-3,11-12,14-15H2,1H3,(H,23,25). The molecule has 1 aliphatic heterocycles. The van der Waals surface area contributed by atoms with Crippen LogP contribution in [0.1, 0.15) is 30.0 Å². The van der Waals surface area contributed by atoms with Gasteiger partial charge in [-0.05, 0) is 61.3 Å². The van der Waals surface area contributed by atoms with E-state index in [9.17, 15) is 4.79 Å². The van der Waals surface area contributed by atoms with Gasteiger partial charge in [0.15, 0.2) is 0 Å². The van der Waals surface area contributed by atoms with E-state index in [-0.39, 0.29) is 11.9 Å². The molecule has 1 unspecified atom stereocenters. The lowest BCUT2D eigenvalue weighted by Gasteiger charge is -2.28. The zero-order valence-electron chi connectivity index (χ0n) is 15.1. The third kappa shape index (κ3) is 4.99. The number of likely N-dealkylation sites (tertiary alicyclic amines) is 1. The molecule has 138 valence electrons. The van der Waals surface area contributed by atoms with Gasteiger partial charge in [-0.3, -0.25) is 9.69 Å². The lowest BCUT2D eigenvalue weighted by Crippen LogP contribution is -2.37. The SMILES string of the molecule is COc1ccc(C(CNC(=O)Cc2cccc(Cl)c2)N2CCCC2)cc1. The first kappa shape index (κ1) is 18.7. The molecule has 1 fully saturated rings. The average molecular weight is 373 g/mol. The van der Waals surface area contributed by atoms with Crippen LogP contribution in [-0.2, 0) is 11.2 Å². The van der Waals surface area contributed by atoms with E-state index in [4.69, 9.17) is 16.3 Å². The number of halogens is 1. The average Bonchev–Trinajstić information content (AvgIpc) is 3.17. The highest BCUT2D eigenvalue weighted by Gasteiger charge is 2.24. The van der Waals surface area contributed by atoms with E-state index in [1.54, 1.807) is 7.11 Å². The lowest BCUT2D eigenvalue weighted by molar-refractivity contribution is -0.120. The van der Waals surface area contributed by atoms with Gasteiger partial charge in [0.05, 0.1) is 19.6 Å². The van der Waals surface area contributed by atoms with Crippen LogP contribution in [0.2, 0.25) is 5.02 Å². The summed E-state index contributed by atoms with van der Waals surface area (Å²) in [5, 5.41) is 3.76. The minimum atomic E-state index is 0.0185. The van der Waals surface area contributed by atoms with Gasteiger partial charge in [-0.1, -0.05) is 35.9 Å². The number of ether oxygens (including phenoxy) is 1. The molecule has 1 N–H and O–H groups in total. The summed E-state index contributed by atoms with van der Waals surface area (Å²) in [5.74, 6) is 0.865. The Labute approximate surface area is 160 Å². The van der Waals surface area contributed by atoms with Gasteiger partial charge in [-0.2, -0.15) is 0 Å². The maximum Gasteiger partial charge on any atom is 0.224 e. The molecular weight excluding hydrogens is 348 g/mol. The van der Waals surface area contributed by atoms with E-state index >= 15 is 0 Å². The largest absolute Gasteiger partial charge is 0.497 e. The first-order chi connectivity index (χ1) is 12.7.